The molecule has 3 rings (SSSR count). The molecule has 1 aliphatic carbocycles. The summed E-state index contributed by atoms with van der Waals surface area (Å²) in [6.07, 6.45) is 1.46. The molecule has 1 aromatic rings. The second-order valence-corrected chi connectivity index (χ2v) is 5.32. The van der Waals surface area contributed by atoms with E-state index in [0.29, 0.717) is 11.3 Å². The summed E-state index contributed by atoms with van der Waals surface area (Å²) in [7, 11) is 0. The molecule has 0 aromatic heterocycles. The van der Waals surface area contributed by atoms with Crippen LogP contribution in [0.5, 0.6) is 5.75 Å². The van der Waals surface area contributed by atoms with Crippen LogP contribution in [0.4, 0.5) is 0 Å². The van der Waals surface area contributed by atoms with E-state index in [-0.39, 0.29) is 6.42 Å². The predicted octanol–water partition coefficient (Wildman–Crippen LogP) is 2.38. The van der Waals surface area contributed by atoms with Gasteiger partial charge in [0.1, 0.15) is 11.7 Å². The lowest BCUT2D eigenvalue weighted by Crippen LogP contribution is -2.49. The first-order chi connectivity index (χ1) is 10.1. The lowest BCUT2D eigenvalue weighted by Gasteiger charge is -2.24. The van der Waals surface area contributed by atoms with E-state index in [1.165, 1.54) is 6.08 Å². The number of nitriles is 2. The molecular weight excluding hydrogens is 270 g/mol. The van der Waals surface area contributed by atoms with Crippen molar-refractivity contribution in [2.24, 2.45) is 11.3 Å². The van der Waals surface area contributed by atoms with Crippen molar-refractivity contribution in [2.45, 2.75) is 18.1 Å². The third kappa shape index (κ3) is 1.34. The monoisotopic (exact) mass is 281 g/mol. The van der Waals surface area contributed by atoms with E-state index in [1.807, 2.05) is 12.1 Å². The van der Waals surface area contributed by atoms with Crippen LogP contribution in [0.2, 0.25) is 0 Å². The molecule has 1 unspecified atom stereocenters. The maximum atomic E-state index is 11.8. The fourth-order valence-electron chi connectivity index (χ4n) is 3.56. The number of fused-ring (bicyclic) bond motifs is 3. The number of benzene rings is 1. The van der Waals surface area contributed by atoms with Crippen molar-refractivity contribution in [3.8, 4) is 17.9 Å². The average Bonchev–Trinajstić information content (AvgIpc) is 2.99. The van der Waals surface area contributed by atoms with E-state index in [2.05, 4.69) is 6.58 Å². The minimum atomic E-state index is -1.82. The highest BCUT2D eigenvalue weighted by Crippen LogP contribution is 2.64. The summed E-state index contributed by atoms with van der Waals surface area (Å²) >= 11 is 0. The Morgan fingerprint density at radius 2 is 2.10 bits per heavy atom. The van der Waals surface area contributed by atoms with Crippen LogP contribution in [0.25, 0.3) is 0 Å². The third-order valence-corrected chi connectivity index (χ3v) is 4.45. The van der Waals surface area contributed by atoms with Gasteiger partial charge < -0.3 is 4.74 Å². The zero-order chi connectivity index (χ0) is 15.3. The maximum Gasteiger partial charge on any atom is 0.378 e. The topological polar surface area (TPSA) is 100.0 Å². The number of nitro groups is 1. The number of nitrogens with zero attached hydrogens (tertiary/aromatic N) is 3. The minimum Gasteiger partial charge on any atom is -0.427 e. The zero-order valence-corrected chi connectivity index (χ0v) is 11.0. The summed E-state index contributed by atoms with van der Waals surface area (Å²) in [5, 5.41) is 30.8. The first kappa shape index (κ1) is 13.1. The highest BCUT2D eigenvalue weighted by atomic mass is 16.7. The van der Waals surface area contributed by atoms with E-state index in [9.17, 15) is 20.6 Å². The van der Waals surface area contributed by atoms with Crippen LogP contribution in [0.1, 0.15) is 17.9 Å². The van der Waals surface area contributed by atoms with Gasteiger partial charge in [0.05, 0.1) is 23.0 Å². The van der Waals surface area contributed by atoms with Crippen molar-refractivity contribution in [3.63, 3.8) is 0 Å². The van der Waals surface area contributed by atoms with Crippen molar-refractivity contribution in [2.75, 3.05) is 0 Å². The van der Waals surface area contributed by atoms with Crippen LogP contribution in [0.15, 0.2) is 36.9 Å². The molecule has 0 spiro atoms. The first-order valence-electron chi connectivity index (χ1n) is 6.43. The lowest BCUT2D eigenvalue weighted by molar-refractivity contribution is -0.622. The molecule has 21 heavy (non-hydrogen) atoms. The first-order valence-corrected chi connectivity index (χ1v) is 6.43. The van der Waals surface area contributed by atoms with Gasteiger partial charge >= 0.3 is 5.72 Å². The Morgan fingerprint density at radius 1 is 1.43 bits per heavy atom. The molecule has 0 bridgehead atoms. The van der Waals surface area contributed by atoms with Crippen molar-refractivity contribution < 1.29 is 9.66 Å². The third-order valence-electron chi connectivity index (χ3n) is 4.45. The summed E-state index contributed by atoms with van der Waals surface area (Å²) in [5.41, 5.74) is -2.77. The van der Waals surface area contributed by atoms with Crippen LogP contribution in [0, 0.1) is 44.1 Å². The largest absolute Gasteiger partial charge is 0.427 e. The number of rotatable bonds is 2. The Bertz CT molecular complexity index is 716. The SMILES string of the molecule is C=CC1CC(C#N)(C#N)[C@H]2c3ccccc3O[C@@]12[N+](=O)[O-]. The van der Waals surface area contributed by atoms with Gasteiger partial charge in [-0.1, -0.05) is 24.3 Å². The predicted molar refractivity (Wildman–Crippen MR) is 71.5 cm³/mol. The van der Waals surface area contributed by atoms with Gasteiger partial charge in [-0.3, -0.25) is 10.1 Å². The van der Waals surface area contributed by atoms with Gasteiger partial charge in [-0.15, -0.1) is 6.58 Å². The highest BCUT2D eigenvalue weighted by molar-refractivity contribution is 5.49. The van der Waals surface area contributed by atoms with Crippen LogP contribution < -0.4 is 4.74 Å². The fourth-order valence-corrected chi connectivity index (χ4v) is 3.56. The summed E-state index contributed by atoms with van der Waals surface area (Å²) in [6.45, 7) is 3.62. The number of hydrogen-bond donors (Lipinski definition) is 0. The Hall–Kier alpha value is -2.86. The van der Waals surface area contributed by atoms with Gasteiger partial charge in [-0.05, 0) is 12.5 Å². The van der Waals surface area contributed by atoms with Crippen molar-refractivity contribution >= 4 is 0 Å². The van der Waals surface area contributed by atoms with Gasteiger partial charge in [0.2, 0.25) is 0 Å². The quantitative estimate of drug-likeness (QED) is 0.470. The second kappa shape index (κ2) is 4.07. The van der Waals surface area contributed by atoms with E-state index in [4.69, 9.17) is 4.74 Å². The molecule has 1 saturated carbocycles. The number of para-hydroxylation sites is 1. The highest BCUT2D eigenvalue weighted by Gasteiger charge is 2.76. The molecule has 2 aliphatic rings. The summed E-state index contributed by atoms with van der Waals surface area (Å²) in [4.78, 5) is 11.3. The fraction of sp³-hybridized carbons (Fsp3) is 0.333. The van der Waals surface area contributed by atoms with Crippen LogP contribution in [-0.2, 0) is 0 Å². The molecule has 3 atom stereocenters. The molecule has 0 saturated heterocycles. The Morgan fingerprint density at radius 3 is 2.67 bits per heavy atom. The molecule has 1 aliphatic heterocycles. The van der Waals surface area contributed by atoms with E-state index in [0.717, 1.165) is 0 Å². The molecule has 1 aromatic carbocycles. The van der Waals surface area contributed by atoms with E-state index < -0.39 is 27.9 Å². The van der Waals surface area contributed by atoms with Gasteiger partial charge in [0, 0.05) is 5.56 Å². The molecule has 0 N–H and O–H groups in total. The molecule has 6 heteroatoms. The average molecular weight is 281 g/mol. The number of hydrogen-bond acceptors (Lipinski definition) is 5. The molecule has 0 radical (unpaired) electrons. The van der Waals surface area contributed by atoms with Crippen molar-refractivity contribution in [3.05, 3.63) is 52.6 Å². The molecule has 104 valence electrons. The van der Waals surface area contributed by atoms with Crippen molar-refractivity contribution in [1.29, 1.82) is 10.5 Å². The molecule has 1 heterocycles. The Labute approximate surface area is 121 Å². The molecule has 1 fully saturated rings. The summed E-state index contributed by atoms with van der Waals surface area (Å²) < 4.78 is 5.67. The standard InChI is InChI=1S/C15H11N3O3/c1-2-10-7-14(8-16,9-17)13-11-5-3-4-6-12(11)21-15(10,13)18(19)20/h2-6,10,13H,1,7H2/t10?,13-,15+/m1/s1. The van der Waals surface area contributed by atoms with Gasteiger partial charge in [-0.25, -0.2) is 0 Å². The molecular formula is C15H11N3O3. The lowest BCUT2D eigenvalue weighted by atomic mass is 9.75. The van der Waals surface area contributed by atoms with Crippen LogP contribution >= 0.6 is 0 Å². The molecule has 6 nitrogen and oxygen atoms in total. The van der Waals surface area contributed by atoms with Crippen LogP contribution in [0.3, 0.4) is 0 Å². The van der Waals surface area contributed by atoms with E-state index in [1.54, 1.807) is 24.3 Å². The second-order valence-electron chi connectivity index (χ2n) is 5.32. The Balaban J connectivity index is 2.33. The number of ether oxygens (including phenoxy) is 1. The summed E-state index contributed by atoms with van der Waals surface area (Å²) in [5.74, 6) is -1.26. The van der Waals surface area contributed by atoms with Crippen LogP contribution in [-0.4, -0.2) is 10.6 Å². The van der Waals surface area contributed by atoms with Crippen molar-refractivity contribution in [1.82, 2.24) is 0 Å². The van der Waals surface area contributed by atoms with Gasteiger partial charge in [0.15, 0.2) is 5.41 Å². The smallest absolute Gasteiger partial charge is 0.378 e. The molecule has 0 amide bonds. The Kier molecular flexibility index (Phi) is 2.54. The normalized spacial score (nSPS) is 31.1. The zero-order valence-electron chi connectivity index (χ0n) is 11.0. The van der Waals surface area contributed by atoms with Gasteiger partial charge in [-0.2, -0.15) is 10.5 Å². The minimum absolute atomic E-state index is 0.0451. The maximum absolute atomic E-state index is 11.8. The van der Waals surface area contributed by atoms with Gasteiger partial charge in [0.25, 0.3) is 0 Å². The summed E-state index contributed by atoms with van der Waals surface area (Å²) in [6, 6.07) is 10.7. The van der Waals surface area contributed by atoms with E-state index >= 15 is 0 Å².